The molecule has 1 aromatic heterocycles. The first-order chi connectivity index (χ1) is 13.6. The van der Waals surface area contributed by atoms with Gasteiger partial charge >= 0.3 is 11.6 Å². The Balaban J connectivity index is 1.91. The average Bonchev–Trinajstić information content (AvgIpc) is 2.65. The van der Waals surface area contributed by atoms with Crippen LogP contribution in [-0.2, 0) is 21.4 Å². The molecule has 0 unspecified atom stereocenters. The van der Waals surface area contributed by atoms with E-state index in [9.17, 15) is 23.1 Å². The quantitative estimate of drug-likeness (QED) is 0.501. The van der Waals surface area contributed by atoms with Crippen molar-refractivity contribution in [1.82, 2.24) is 4.31 Å². The fraction of sp³-hybridized carbons (Fsp3) is 0.200. The Labute approximate surface area is 167 Å². The van der Waals surface area contributed by atoms with Crippen LogP contribution in [0, 0.1) is 6.92 Å². The van der Waals surface area contributed by atoms with Crippen LogP contribution >= 0.6 is 0 Å². The minimum atomic E-state index is -3.71. The van der Waals surface area contributed by atoms with Crippen molar-refractivity contribution >= 4 is 27.0 Å². The number of sulfonamides is 1. The van der Waals surface area contributed by atoms with E-state index in [2.05, 4.69) is 0 Å². The molecule has 152 valence electrons. The topological polar surface area (TPSA) is 114 Å². The van der Waals surface area contributed by atoms with Crippen molar-refractivity contribution in [2.75, 3.05) is 14.1 Å². The molecule has 0 saturated heterocycles. The molecule has 0 aliphatic heterocycles. The van der Waals surface area contributed by atoms with E-state index in [1.165, 1.54) is 50.5 Å². The van der Waals surface area contributed by atoms with Gasteiger partial charge in [-0.05, 0) is 36.8 Å². The lowest BCUT2D eigenvalue weighted by atomic mass is 10.1. The highest BCUT2D eigenvalue weighted by atomic mass is 32.2. The van der Waals surface area contributed by atoms with Gasteiger partial charge in [0.05, 0.1) is 10.5 Å². The van der Waals surface area contributed by atoms with Crippen molar-refractivity contribution in [2.24, 2.45) is 0 Å². The molecule has 0 atom stereocenters. The molecule has 0 aliphatic rings. The van der Waals surface area contributed by atoms with E-state index in [0.29, 0.717) is 16.5 Å². The number of rotatable bonds is 5. The van der Waals surface area contributed by atoms with Gasteiger partial charge in [0.2, 0.25) is 10.0 Å². The SMILES string of the molecule is Cc1ccc(S(=O)(=O)N(C)C)cc1C(=O)OCc1cc(=O)oc2cc(O)ccc12. The molecule has 0 saturated carbocycles. The number of aryl methyl sites for hydroxylation is 1. The Hall–Kier alpha value is -3.17. The first-order valence-electron chi connectivity index (χ1n) is 8.55. The molecule has 1 N–H and O–H groups in total. The van der Waals surface area contributed by atoms with Gasteiger partial charge in [0.25, 0.3) is 0 Å². The second kappa shape index (κ2) is 7.69. The zero-order chi connectivity index (χ0) is 21.3. The number of aromatic hydroxyl groups is 1. The van der Waals surface area contributed by atoms with Crippen molar-refractivity contribution in [3.05, 3.63) is 69.6 Å². The van der Waals surface area contributed by atoms with Crippen LogP contribution in [0.3, 0.4) is 0 Å². The lowest BCUT2D eigenvalue weighted by Crippen LogP contribution is -2.22. The predicted molar refractivity (Wildman–Crippen MR) is 105 cm³/mol. The van der Waals surface area contributed by atoms with E-state index >= 15 is 0 Å². The third-order valence-corrected chi connectivity index (χ3v) is 6.19. The zero-order valence-electron chi connectivity index (χ0n) is 16.0. The largest absolute Gasteiger partial charge is 0.508 e. The molecule has 2 aromatic carbocycles. The molecular weight excluding hydrogens is 398 g/mol. The van der Waals surface area contributed by atoms with Crippen molar-refractivity contribution in [2.45, 2.75) is 18.4 Å². The van der Waals surface area contributed by atoms with Gasteiger partial charge in [0.15, 0.2) is 0 Å². The van der Waals surface area contributed by atoms with Gasteiger partial charge < -0.3 is 14.3 Å². The maximum absolute atomic E-state index is 12.6. The van der Waals surface area contributed by atoms with E-state index in [1.54, 1.807) is 13.0 Å². The number of ether oxygens (including phenoxy) is 1. The van der Waals surface area contributed by atoms with E-state index in [-0.39, 0.29) is 28.4 Å². The second-order valence-electron chi connectivity index (χ2n) is 6.61. The molecule has 9 heteroatoms. The molecule has 0 aliphatic carbocycles. The first kappa shape index (κ1) is 20.6. The standard InChI is InChI=1S/C20H19NO7S/c1-12-4-6-15(29(25,26)21(2)3)10-17(12)20(24)27-11-13-8-19(23)28-18-9-14(22)5-7-16(13)18/h4-10,22H,11H2,1-3H3. The highest BCUT2D eigenvalue weighted by molar-refractivity contribution is 7.89. The summed E-state index contributed by atoms with van der Waals surface area (Å²) in [7, 11) is -0.907. The maximum Gasteiger partial charge on any atom is 0.338 e. The zero-order valence-corrected chi connectivity index (χ0v) is 16.8. The van der Waals surface area contributed by atoms with Crippen LogP contribution in [0.25, 0.3) is 11.0 Å². The molecule has 1 heterocycles. The van der Waals surface area contributed by atoms with Gasteiger partial charge in [-0.3, -0.25) is 0 Å². The molecular formula is C20H19NO7S. The highest BCUT2D eigenvalue weighted by Crippen LogP contribution is 2.23. The van der Waals surface area contributed by atoms with Crippen molar-refractivity contribution in [1.29, 1.82) is 0 Å². The molecule has 0 amide bonds. The van der Waals surface area contributed by atoms with Gasteiger partial charge in [0.1, 0.15) is 17.9 Å². The molecule has 8 nitrogen and oxygen atoms in total. The fourth-order valence-electron chi connectivity index (χ4n) is 2.75. The minimum Gasteiger partial charge on any atom is -0.508 e. The number of carbonyl (C=O) groups excluding carboxylic acids is 1. The summed E-state index contributed by atoms with van der Waals surface area (Å²) >= 11 is 0. The second-order valence-corrected chi connectivity index (χ2v) is 8.76. The number of benzene rings is 2. The summed E-state index contributed by atoms with van der Waals surface area (Å²) in [5.74, 6) is -0.789. The summed E-state index contributed by atoms with van der Waals surface area (Å²) in [6, 6.07) is 9.68. The van der Waals surface area contributed by atoms with Crippen molar-refractivity contribution in [3.63, 3.8) is 0 Å². The smallest absolute Gasteiger partial charge is 0.338 e. The van der Waals surface area contributed by atoms with Gasteiger partial charge in [0, 0.05) is 37.2 Å². The van der Waals surface area contributed by atoms with E-state index in [0.717, 1.165) is 4.31 Å². The Bertz CT molecular complexity index is 1260. The number of phenolic OH excluding ortho intramolecular Hbond substituents is 1. The van der Waals surface area contributed by atoms with Gasteiger partial charge in [-0.15, -0.1) is 0 Å². The fourth-order valence-corrected chi connectivity index (χ4v) is 3.68. The van der Waals surface area contributed by atoms with Crippen molar-refractivity contribution in [3.8, 4) is 5.75 Å². The van der Waals surface area contributed by atoms with Crippen LogP contribution in [-0.4, -0.2) is 37.9 Å². The third kappa shape index (κ3) is 4.15. The molecule has 0 radical (unpaired) electrons. The van der Waals surface area contributed by atoms with Gasteiger partial charge in [-0.2, -0.15) is 0 Å². The average molecular weight is 417 g/mol. The van der Waals surface area contributed by atoms with Crippen LogP contribution in [0.2, 0.25) is 0 Å². The summed E-state index contributed by atoms with van der Waals surface area (Å²) in [6.07, 6.45) is 0. The van der Waals surface area contributed by atoms with Crippen LogP contribution in [0.4, 0.5) is 0 Å². The number of nitrogens with zero attached hydrogens (tertiary/aromatic N) is 1. The maximum atomic E-state index is 12.6. The van der Waals surface area contributed by atoms with Crippen LogP contribution in [0.15, 0.2) is 56.6 Å². The lowest BCUT2D eigenvalue weighted by Gasteiger charge is -2.14. The third-order valence-electron chi connectivity index (χ3n) is 4.38. The van der Waals surface area contributed by atoms with E-state index < -0.39 is 21.6 Å². The van der Waals surface area contributed by atoms with E-state index in [1.807, 2.05) is 0 Å². The Kier molecular flexibility index (Phi) is 5.45. The van der Waals surface area contributed by atoms with E-state index in [4.69, 9.17) is 9.15 Å². The first-order valence-corrected chi connectivity index (χ1v) is 9.99. The van der Waals surface area contributed by atoms with Crippen LogP contribution in [0.1, 0.15) is 21.5 Å². The Morgan fingerprint density at radius 3 is 2.55 bits per heavy atom. The number of hydrogen-bond donors (Lipinski definition) is 1. The molecule has 0 spiro atoms. The normalized spacial score (nSPS) is 11.7. The Morgan fingerprint density at radius 1 is 1.14 bits per heavy atom. The number of carbonyl (C=O) groups is 1. The molecule has 3 rings (SSSR count). The summed E-state index contributed by atoms with van der Waals surface area (Å²) < 4.78 is 36.1. The minimum absolute atomic E-state index is 0.0265. The Morgan fingerprint density at radius 2 is 1.86 bits per heavy atom. The monoisotopic (exact) mass is 417 g/mol. The summed E-state index contributed by atoms with van der Waals surface area (Å²) in [5.41, 5.74) is 0.579. The van der Waals surface area contributed by atoms with Gasteiger partial charge in [-0.1, -0.05) is 6.07 Å². The van der Waals surface area contributed by atoms with Gasteiger partial charge in [-0.25, -0.2) is 22.3 Å². The lowest BCUT2D eigenvalue weighted by molar-refractivity contribution is 0.0472. The number of fused-ring (bicyclic) bond motifs is 1. The van der Waals surface area contributed by atoms with Crippen LogP contribution < -0.4 is 5.63 Å². The summed E-state index contributed by atoms with van der Waals surface area (Å²) in [4.78, 5) is 24.3. The molecule has 0 fully saturated rings. The summed E-state index contributed by atoms with van der Waals surface area (Å²) in [6.45, 7) is 1.44. The number of phenols is 1. The number of esters is 1. The highest BCUT2D eigenvalue weighted by Gasteiger charge is 2.21. The molecule has 3 aromatic rings. The van der Waals surface area contributed by atoms with Crippen LogP contribution in [0.5, 0.6) is 5.75 Å². The molecule has 0 bridgehead atoms. The molecule has 29 heavy (non-hydrogen) atoms. The summed E-state index contributed by atoms with van der Waals surface area (Å²) in [5, 5.41) is 10.1. The number of hydrogen-bond acceptors (Lipinski definition) is 7. The van der Waals surface area contributed by atoms with Crippen molar-refractivity contribution < 1.29 is 27.5 Å². The predicted octanol–water partition coefficient (Wildman–Crippen LogP) is 2.41.